The Labute approximate surface area is 94.3 Å². The maximum absolute atomic E-state index is 8.93. The Bertz CT molecular complexity index is 499. The van der Waals surface area contributed by atoms with E-state index in [1.807, 2.05) is 36.2 Å². The van der Waals surface area contributed by atoms with E-state index in [1.54, 1.807) is 6.20 Å². The average molecular weight is 217 g/mol. The van der Waals surface area contributed by atoms with Crippen molar-refractivity contribution < 1.29 is 5.11 Å². The average Bonchev–Trinajstić information content (AvgIpc) is 2.28. The fourth-order valence-corrected chi connectivity index (χ4v) is 1.73. The Kier molecular flexibility index (Phi) is 2.92. The van der Waals surface area contributed by atoms with Gasteiger partial charge in [-0.3, -0.25) is 0 Å². The van der Waals surface area contributed by atoms with Gasteiger partial charge in [0.1, 0.15) is 5.82 Å². The normalized spacial score (nSPS) is 10.6. The van der Waals surface area contributed by atoms with Crippen molar-refractivity contribution in [2.45, 2.75) is 0 Å². The van der Waals surface area contributed by atoms with Crippen molar-refractivity contribution in [2.75, 3.05) is 30.8 Å². The monoisotopic (exact) mass is 217 g/mol. The molecule has 84 valence electrons. The van der Waals surface area contributed by atoms with E-state index in [0.717, 1.165) is 22.3 Å². The summed E-state index contributed by atoms with van der Waals surface area (Å²) in [5.74, 6) is 0.846. The molecule has 0 amide bonds. The summed E-state index contributed by atoms with van der Waals surface area (Å²) >= 11 is 0. The van der Waals surface area contributed by atoms with E-state index in [-0.39, 0.29) is 6.61 Å². The molecule has 0 atom stereocenters. The van der Waals surface area contributed by atoms with Crippen molar-refractivity contribution in [3.8, 4) is 0 Å². The summed E-state index contributed by atoms with van der Waals surface area (Å²) in [6.45, 7) is 0.664. The van der Waals surface area contributed by atoms with Crippen LogP contribution < -0.4 is 10.6 Å². The van der Waals surface area contributed by atoms with Crippen LogP contribution in [0.1, 0.15) is 0 Å². The van der Waals surface area contributed by atoms with Gasteiger partial charge >= 0.3 is 0 Å². The lowest BCUT2D eigenvalue weighted by atomic mass is 10.1. The van der Waals surface area contributed by atoms with E-state index in [2.05, 4.69) is 4.98 Å². The fourth-order valence-electron chi connectivity index (χ4n) is 1.73. The first kappa shape index (κ1) is 10.7. The molecular weight excluding hydrogens is 202 g/mol. The Morgan fingerprint density at radius 2 is 2.19 bits per heavy atom. The molecule has 16 heavy (non-hydrogen) atoms. The number of pyridine rings is 1. The minimum absolute atomic E-state index is 0.108. The van der Waals surface area contributed by atoms with Gasteiger partial charge in [0.05, 0.1) is 6.61 Å². The molecule has 0 unspecified atom stereocenters. The summed E-state index contributed by atoms with van der Waals surface area (Å²) < 4.78 is 0. The van der Waals surface area contributed by atoms with E-state index in [0.29, 0.717) is 6.54 Å². The maximum atomic E-state index is 8.93. The van der Waals surface area contributed by atoms with Crippen molar-refractivity contribution in [3.63, 3.8) is 0 Å². The summed E-state index contributed by atoms with van der Waals surface area (Å²) in [5.41, 5.74) is 6.49. The molecule has 2 rings (SSSR count). The highest BCUT2D eigenvalue weighted by Gasteiger charge is 2.06. The van der Waals surface area contributed by atoms with Crippen LogP contribution in [-0.2, 0) is 0 Å². The molecule has 4 nitrogen and oxygen atoms in total. The van der Waals surface area contributed by atoms with Gasteiger partial charge in [-0.25, -0.2) is 4.98 Å². The highest BCUT2D eigenvalue weighted by atomic mass is 16.3. The van der Waals surface area contributed by atoms with Crippen LogP contribution in [-0.4, -0.2) is 30.3 Å². The summed E-state index contributed by atoms with van der Waals surface area (Å²) in [7, 11) is 1.90. The van der Waals surface area contributed by atoms with Crippen LogP contribution >= 0.6 is 0 Å². The molecule has 0 radical (unpaired) electrons. The van der Waals surface area contributed by atoms with Crippen LogP contribution in [0.4, 0.5) is 11.5 Å². The van der Waals surface area contributed by atoms with Crippen molar-refractivity contribution >= 4 is 22.3 Å². The van der Waals surface area contributed by atoms with Gasteiger partial charge in [-0.15, -0.1) is 0 Å². The number of aliphatic hydroxyl groups is 1. The van der Waals surface area contributed by atoms with Gasteiger partial charge in [0, 0.05) is 30.9 Å². The molecular formula is C12H15N3O. The van der Waals surface area contributed by atoms with Crippen LogP contribution in [0.25, 0.3) is 10.8 Å². The van der Waals surface area contributed by atoms with Crippen LogP contribution in [0.2, 0.25) is 0 Å². The summed E-state index contributed by atoms with van der Waals surface area (Å²) in [4.78, 5) is 6.24. The number of aliphatic hydroxyl groups excluding tert-OH is 1. The maximum Gasteiger partial charge on any atom is 0.136 e. The van der Waals surface area contributed by atoms with Crippen LogP contribution in [0.5, 0.6) is 0 Å². The van der Waals surface area contributed by atoms with Crippen LogP contribution in [0, 0.1) is 0 Å². The highest BCUT2D eigenvalue weighted by molar-refractivity contribution is 5.94. The topological polar surface area (TPSA) is 62.4 Å². The Hall–Kier alpha value is -1.81. The molecule has 0 saturated heterocycles. The Morgan fingerprint density at radius 3 is 2.94 bits per heavy atom. The van der Waals surface area contributed by atoms with Crippen LogP contribution in [0.15, 0.2) is 30.5 Å². The molecule has 0 spiro atoms. The molecule has 2 aromatic rings. The Morgan fingerprint density at radius 1 is 1.38 bits per heavy atom. The molecule has 1 heterocycles. The smallest absolute Gasteiger partial charge is 0.136 e. The summed E-state index contributed by atoms with van der Waals surface area (Å²) in [6, 6.07) is 7.71. The number of nitrogen functional groups attached to an aromatic ring is 1. The quantitative estimate of drug-likeness (QED) is 0.759. The van der Waals surface area contributed by atoms with Gasteiger partial charge < -0.3 is 15.7 Å². The van der Waals surface area contributed by atoms with E-state index >= 15 is 0 Å². The standard InChI is InChI=1S/C12H15N3O/c1-15(6-7-16)12-11-8-10(13)3-2-9(11)4-5-14-12/h2-5,8,16H,6-7,13H2,1H3. The van der Waals surface area contributed by atoms with E-state index in [9.17, 15) is 0 Å². The van der Waals surface area contributed by atoms with Crippen molar-refractivity contribution in [1.82, 2.24) is 4.98 Å². The Balaban J connectivity index is 2.55. The lowest BCUT2D eigenvalue weighted by Crippen LogP contribution is -2.22. The summed E-state index contributed by atoms with van der Waals surface area (Å²) in [6.07, 6.45) is 1.77. The molecule has 0 fully saturated rings. The molecule has 0 aliphatic rings. The zero-order chi connectivity index (χ0) is 11.5. The third-order valence-electron chi connectivity index (χ3n) is 2.57. The number of hydrogen-bond donors (Lipinski definition) is 2. The molecule has 0 bridgehead atoms. The second-order valence-corrected chi connectivity index (χ2v) is 3.76. The van der Waals surface area contributed by atoms with Crippen molar-refractivity contribution in [2.24, 2.45) is 0 Å². The highest BCUT2D eigenvalue weighted by Crippen LogP contribution is 2.25. The van der Waals surface area contributed by atoms with Gasteiger partial charge in [-0.1, -0.05) is 6.07 Å². The number of anilines is 2. The number of nitrogens with zero attached hydrogens (tertiary/aromatic N) is 2. The summed E-state index contributed by atoms with van der Waals surface area (Å²) in [5, 5.41) is 11.0. The predicted octanol–water partition coefficient (Wildman–Crippen LogP) is 1.25. The van der Waals surface area contributed by atoms with Gasteiger partial charge in [0.15, 0.2) is 0 Å². The van der Waals surface area contributed by atoms with Gasteiger partial charge in [0.2, 0.25) is 0 Å². The molecule has 4 heteroatoms. The van der Waals surface area contributed by atoms with E-state index < -0.39 is 0 Å². The predicted molar refractivity (Wildman–Crippen MR) is 66.5 cm³/mol. The molecule has 0 saturated carbocycles. The number of hydrogen-bond acceptors (Lipinski definition) is 4. The molecule has 1 aromatic carbocycles. The number of aromatic nitrogens is 1. The molecule has 0 aliphatic carbocycles. The largest absolute Gasteiger partial charge is 0.399 e. The van der Waals surface area contributed by atoms with E-state index in [4.69, 9.17) is 10.8 Å². The first-order valence-electron chi connectivity index (χ1n) is 5.18. The van der Waals surface area contributed by atoms with Gasteiger partial charge in [-0.2, -0.15) is 0 Å². The lowest BCUT2D eigenvalue weighted by molar-refractivity contribution is 0.304. The lowest BCUT2D eigenvalue weighted by Gasteiger charge is -2.18. The van der Waals surface area contributed by atoms with E-state index in [1.165, 1.54) is 0 Å². The van der Waals surface area contributed by atoms with Crippen molar-refractivity contribution in [3.05, 3.63) is 30.5 Å². The van der Waals surface area contributed by atoms with Crippen molar-refractivity contribution in [1.29, 1.82) is 0 Å². The molecule has 0 aliphatic heterocycles. The third kappa shape index (κ3) is 1.92. The number of nitrogens with two attached hydrogens (primary N) is 1. The zero-order valence-corrected chi connectivity index (χ0v) is 9.22. The second kappa shape index (κ2) is 4.37. The third-order valence-corrected chi connectivity index (χ3v) is 2.57. The second-order valence-electron chi connectivity index (χ2n) is 3.76. The number of fused-ring (bicyclic) bond motifs is 1. The number of likely N-dealkylation sites (N-methyl/N-ethyl adjacent to an activating group) is 1. The van der Waals surface area contributed by atoms with Gasteiger partial charge in [0.25, 0.3) is 0 Å². The minimum atomic E-state index is 0.108. The number of benzene rings is 1. The SMILES string of the molecule is CN(CCO)c1nccc2ccc(N)cc12. The fraction of sp³-hybridized carbons (Fsp3) is 0.250. The molecule has 1 aromatic heterocycles. The van der Waals surface area contributed by atoms with Crippen LogP contribution in [0.3, 0.4) is 0 Å². The first-order chi connectivity index (χ1) is 7.72. The first-order valence-corrected chi connectivity index (χ1v) is 5.18. The molecule has 3 N–H and O–H groups in total. The van der Waals surface area contributed by atoms with Gasteiger partial charge in [-0.05, 0) is 23.6 Å². The minimum Gasteiger partial charge on any atom is -0.399 e. The zero-order valence-electron chi connectivity index (χ0n) is 9.22. The number of rotatable bonds is 3.